The Labute approximate surface area is 122 Å². The van der Waals surface area contributed by atoms with Crippen LogP contribution in [0, 0.1) is 11.6 Å². The smallest absolute Gasteiger partial charge is 0.246 e. The van der Waals surface area contributed by atoms with Crippen LogP contribution in [0.2, 0.25) is 0 Å². The van der Waals surface area contributed by atoms with E-state index in [1.165, 1.54) is 0 Å². The fourth-order valence-electron chi connectivity index (χ4n) is 2.36. The molecule has 2 rings (SSSR count). The number of hydrogen-bond acceptors (Lipinski definition) is 4. The molecule has 1 aliphatic rings. The van der Waals surface area contributed by atoms with Crippen molar-refractivity contribution < 1.29 is 27.0 Å². The number of morpholine rings is 1. The fraction of sp³-hybridized carbons (Fsp3) is 0.538. The molecule has 2 atom stereocenters. The normalized spacial score (nSPS) is 24.2. The molecular formula is C13H17F2NO4S. The molecule has 0 unspecified atom stereocenters. The summed E-state index contributed by atoms with van der Waals surface area (Å²) in [4.78, 5) is -0.757. The highest BCUT2D eigenvalue weighted by Gasteiger charge is 2.34. The van der Waals surface area contributed by atoms with Crippen LogP contribution in [0.5, 0.6) is 0 Å². The number of nitrogens with zero attached hydrogens (tertiary/aromatic N) is 1. The lowest BCUT2D eigenvalue weighted by molar-refractivity contribution is -0.0441. The Morgan fingerprint density at radius 3 is 2.38 bits per heavy atom. The highest BCUT2D eigenvalue weighted by molar-refractivity contribution is 7.89. The lowest BCUT2D eigenvalue weighted by Gasteiger charge is -2.34. The van der Waals surface area contributed by atoms with E-state index in [0.717, 1.165) is 16.4 Å². The van der Waals surface area contributed by atoms with Crippen LogP contribution < -0.4 is 0 Å². The van der Waals surface area contributed by atoms with Crippen LogP contribution in [0.25, 0.3) is 0 Å². The Bertz CT molecular complexity index is 625. The molecule has 1 aromatic rings. The molecule has 1 aliphatic heterocycles. The third kappa shape index (κ3) is 3.23. The first-order chi connectivity index (χ1) is 9.75. The number of ether oxygens (including phenoxy) is 1. The number of aliphatic hydroxyl groups is 1. The number of hydrogen-bond donors (Lipinski definition) is 1. The van der Waals surface area contributed by atoms with Crippen molar-refractivity contribution in [2.24, 2.45) is 0 Å². The Morgan fingerprint density at radius 1 is 1.29 bits per heavy atom. The van der Waals surface area contributed by atoms with Gasteiger partial charge in [0.2, 0.25) is 10.0 Å². The maximum Gasteiger partial charge on any atom is 0.246 e. The molecule has 8 heteroatoms. The lowest BCUT2D eigenvalue weighted by atomic mass is 10.2. The van der Waals surface area contributed by atoms with E-state index in [2.05, 4.69) is 0 Å². The second-order valence-electron chi connectivity index (χ2n) is 5.13. The Kier molecular flexibility index (Phi) is 4.62. The van der Waals surface area contributed by atoms with Crippen LogP contribution in [0.4, 0.5) is 8.78 Å². The number of halogens is 2. The third-order valence-corrected chi connectivity index (χ3v) is 5.07. The SMILES string of the molecule is C[C@@H]1CN(S(=O)(=O)c2cc(CO)cc(F)c2F)C[C@H](C)O1. The quantitative estimate of drug-likeness (QED) is 0.910. The van der Waals surface area contributed by atoms with E-state index >= 15 is 0 Å². The maximum absolute atomic E-state index is 13.9. The average Bonchev–Trinajstić information content (AvgIpc) is 2.40. The van der Waals surface area contributed by atoms with E-state index in [0.29, 0.717) is 0 Å². The summed E-state index contributed by atoms with van der Waals surface area (Å²) in [6.07, 6.45) is -0.671. The standard InChI is InChI=1S/C13H17F2NO4S/c1-8-5-16(6-9(2)20-8)21(18,19)12-4-10(7-17)3-11(14)13(12)15/h3-4,8-9,17H,5-7H2,1-2H3/t8-,9+. The Balaban J connectivity index is 2.46. The van der Waals surface area contributed by atoms with E-state index in [-0.39, 0.29) is 30.9 Å². The summed E-state index contributed by atoms with van der Waals surface area (Å²) < 4.78 is 58.9. The van der Waals surface area contributed by atoms with Gasteiger partial charge in [-0.1, -0.05) is 0 Å². The molecule has 1 heterocycles. The number of rotatable bonds is 3. The second kappa shape index (κ2) is 5.96. The summed E-state index contributed by atoms with van der Waals surface area (Å²) >= 11 is 0. The third-order valence-electron chi connectivity index (χ3n) is 3.24. The van der Waals surface area contributed by atoms with E-state index in [9.17, 15) is 17.2 Å². The van der Waals surface area contributed by atoms with Gasteiger partial charge in [-0.25, -0.2) is 17.2 Å². The zero-order chi connectivity index (χ0) is 15.8. The molecule has 1 fully saturated rings. The van der Waals surface area contributed by atoms with Crippen molar-refractivity contribution in [3.8, 4) is 0 Å². The molecule has 1 N–H and O–H groups in total. The lowest BCUT2D eigenvalue weighted by Crippen LogP contribution is -2.48. The molecule has 0 saturated carbocycles. The minimum Gasteiger partial charge on any atom is -0.392 e. The van der Waals surface area contributed by atoms with Gasteiger partial charge in [-0.2, -0.15) is 4.31 Å². The van der Waals surface area contributed by atoms with E-state index in [4.69, 9.17) is 9.84 Å². The van der Waals surface area contributed by atoms with Gasteiger partial charge in [0.1, 0.15) is 4.90 Å². The molecule has 0 bridgehead atoms. The topological polar surface area (TPSA) is 66.8 Å². The monoisotopic (exact) mass is 321 g/mol. The van der Waals surface area contributed by atoms with Gasteiger partial charge in [-0.3, -0.25) is 0 Å². The summed E-state index contributed by atoms with van der Waals surface area (Å²) in [5, 5.41) is 9.02. The zero-order valence-corrected chi connectivity index (χ0v) is 12.5. The summed E-state index contributed by atoms with van der Waals surface area (Å²) in [6.45, 7) is 2.97. The van der Waals surface area contributed by atoms with Crippen molar-refractivity contribution in [1.82, 2.24) is 4.31 Å². The summed E-state index contributed by atoms with van der Waals surface area (Å²) in [5.74, 6) is -2.73. The van der Waals surface area contributed by atoms with Gasteiger partial charge in [-0.15, -0.1) is 0 Å². The highest BCUT2D eigenvalue weighted by atomic mass is 32.2. The van der Waals surface area contributed by atoms with Crippen molar-refractivity contribution in [2.45, 2.75) is 37.6 Å². The van der Waals surface area contributed by atoms with E-state index in [1.54, 1.807) is 13.8 Å². The molecule has 1 saturated heterocycles. The molecule has 0 spiro atoms. The summed E-state index contributed by atoms with van der Waals surface area (Å²) in [6, 6.07) is 1.73. The van der Waals surface area contributed by atoms with E-state index in [1.807, 2.05) is 0 Å². The number of aliphatic hydroxyl groups excluding tert-OH is 1. The number of benzene rings is 1. The minimum atomic E-state index is -4.19. The largest absolute Gasteiger partial charge is 0.392 e. The molecule has 118 valence electrons. The first-order valence-corrected chi connectivity index (χ1v) is 7.94. The zero-order valence-electron chi connectivity index (χ0n) is 11.7. The van der Waals surface area contributed by atoms with Crippen LogP contribution in [0.3, 0.4) is 0 Å². The average molecular weight is 321 g/mol. The van der Waals surface area contributed by atoms with Gasteiger partial charge in [0.05, 0.1) is 18.8 Å². The van der Waals surface area contributed by atoms with Crippen molar-refractivity contribution in [3.63, 3.8) is 0 Å². The predicted octanol–water partition coefficient (Wildman–Crippen LogP) is 1.26. The fourth-order valence-corrected chi connectivity index (χ4v) is 4.08. The Hall–Kier alpha value is -1.09. The summed E-state index contributed by atoms with van der Waals surface area (Å²) in [5.41, 5.74) is 0.00170. The molecule has 21 heavy (non-hydrogen) atoms. The molecule has 0 aliphatic carbocycles. The van der Waals surface area contributed by atoms with Crippen molar-refractivity contribution >= 4 is 10.0 Å². The van der Waals surface area contributed by atoms with Gasteiger partial charge < -0.3 is 9.84 Å². The van der Waals surface area contributed by atoms with Crippen molar-refractivity contribution in [2.75, 3.05) is 13.1 Å². The van der Waals surface area contributed by atoms with Crippen LogP contribution in [-0.4, -0.2) is 43.1 Å². The molecule has 0 aromatic heterocycles. The van der Waals surface area contributed by atoms with Crippen molar-refractivity contribution in [1.29, 1.82) is 0 Å². The Morgan fingerprint density at radius 2 is 1.86 bits per heavy atom. The first-order valence-electron chi connectivity index (χ1n) is 6.50. The summed E-state index contributed by atoms with van der Waals surface area (Å²) in [7, 11) is -4.19. The second-order valence-corrected chi connectivity index (χ2v) is 7.03. The van der Waals surface area contributed by atoms with Crippen LogP contribution in [0.15, 0.2) is 17.0 Å². The van der Waals surface area contributed by atoms with E-state index < -0.39 is 33.2 Å². The number of sulfonamides is 1. The van der Waals surface area contributed by atoms with Gasteiger partial charge >= 0.3 is 0 Å². The predicted molar refractivity (Wildman–Crippen MR) is 71.0 cm³/mol. The highest BCUT2D eigenvalue weighted by Crippen LogP contribution is 2.26. The molecule has 5 nitrogen and oxygen atoms in total. The van der Waals surface area contributed by atoms with Gasteiger partial charge in [0, 0.05) is 13.1 Å². The van der Waals surface area contributed by atoms with Gasteiger partial charge in [0.15, 0.2) is 11.6 Å². The molecule has 1 aromatic carbocycles. The minimum absolute atomic E-state index is 0.00170. The molecule has 0 radical (unpaired) electrons. The van der Waals surface area contributed by atoms with Crippen LogP contribution >= 0.6 is 0 Å². The molecular weight excluding hydrogens is 304 g/mol. The van der Waals surface area contributed by atoms with Gasteiger partial charge in [-0.05, 0) is 31.5 Å². The van der Waals surface area contributed by atoms with Crippen LogP contribution in [0.1, 0.15) is 19.4 Å². The molecule has 0 amide bonds. The first kappa shape index (κ1) is 16.3. The maximum atomic E-state index is 13.9. The van der Waals surface area contributed by atoms with Crippen LogP contribution in [-0.2, 0) is 21.4 Å². The van der Waals surface area contributed by atoms with Crippen molar-refractivity contribution in [3.05, 3.63) is 29.3 Å². The van der Waals surface area contributed by atoms with Gasteiger partial charge in [0.25, 0.3) is 0 Å².